The van der Waals surface area contributed by atoms with Gasteiger partial charge in [-0.25, -0.2) is 9.97 Å². The highest BCUT2D eigenvalue weighted by Gasteiger charge is 2.12. The summed E-state index contributed by atoms with van der Waals surface area (Å²) < 4.78 is 0. The highest BCUT2D eigenvalue weighted by atomic mass is 32.2. The summed E-state index contributed by atoms with van der Waals surface area (Å²) in [5.41, 5.74) is 9.37. The number of pyridine rings is 1. The van der Waals surface area contributed by atoms with Crippen LogP contribution in [0.25, 0.3) is 4.91 Å². The highest BCUT2D eigenvalue weighted by molar-refractivity contribution is 8.11. The molecule has 0 fully saturated rings. The lowest BCUT2D eigenvalue weighted by Gasteiger charge is -2.07. The molecule has 2 aromatic heterocycles. The Hall–Kier alpha value is -2.30. The molecule has 2 rings (SSSR count). The number of hydrogen-bond acceptors (Lipinski definition) is 7. The lowest BCUT2D eigenvalue weighted by Crippen LogP contribution is -1.97. The molecule has 0 aromatic carbocycles. The van der Waals surface area contributed by atoms with E-state index in [0.717, 1.165) is 38.3 Å². The molecule has 0 radical (unpaired) electrons. The van der Waals surface area contributed by atoms with Crippen LogP contribution in [0.1, 0.15) is 44.1 Å². The maximum absolute atomic E-state index is 9.10. The number of rotatable bonds is 6. The van der Waals surface area contributed by atoms with Gasteiger partial charge in [0, 0.05) is 10.3 Å². The van der Waals surface area contributed by atoms with Gasteiger partial charge in [0.25, 0.3) is 0 Å². The predicted octanol–water partition coefficient (Wildman–Crippen LogP) is 5.16. The molecule has 0 atom stereocenters. The zero-order valence-corrected chi connectivity index (χ0v) is 16.4. The van der Waals surface area contributed by atoms with Crippen LogP contribution < -0.4 is 11.1 Å². The van der Waals surface area contributed by atoms with Crippen LogP contribution in [-0.2, 0) is 0 Å². The lowest BCUT2D eigenvalue weighted by atomic mass is 10.2. The fraction of sp³-hybridized carbons (Fsp3) is 0.278. The summed E-state index contributed by atoms with van der Waals surface area (Å²) in [5.74, 6) is 0.611. The van der Waals surface area contributed by atoms with E-state index in [2.05, 4.69) is 42.1 Å². The second-order valence-corrected chi connectivity index (χ2v) is 7.52. The van der Waals surface area contributed by atoms with Gasteiger partial charge in [-0.15, -0.1) is 11.3 Å². The number of aryl methyl sites for hydroxylation is 1. The normalized spacial score (nSPS) is 11.1. The van der Waals surface area contributed by atoms with Gasteiger partial charge in [-0.2, -0.15) is 5.26 Å². The first-order chi connectivity index (χ1) is 11.9. The van der Waals surface area contributed by atoms with E-state index in [-0.39, 0.29) is 0 Å². The number of nitrogens with one attached hydrogen (secondary N) is 1. The smallest absolute Gasteiger partial charge is 0.188 e. The number of allylic oxidation sites excluding steroid dienone is 2. The number of anilines is 2. The Kier molecular flexibility index (Phi) is 6.62. The molecule has 25 heavy (non-hydrogen) atoms. The zero-order chi connectivity index (χ0) is 18.4. The molecule has 2 aromatic rings. The predicted molar refractivity (Wildman–Crippen MR) is 108 cm³/mol. The minimum absolute atomic E-state index is 0.416. The monoisotopic (exact) mass is 371 g/mol. The number of hydrogen-bond donors (Lipinski definition) is 2. The number of nitriles is 1. The molecule has 0 bridgehead atoms. The van der Waals surface area contributed by atoms with Crippen molar-refractivity contribution in [3.63, 3.8) is 0 Å². The summed E-state index contributed by atoms with van der Waals surface area (Å²) in [6, 6.07) is 5.81. The molecule has 0 saturated heterocycles. The number of aromatic nitrogens is 2. The summed E-state index contributed by atoms with van der Waals surface area (Å²) >= 11 is 3.03. The molecule has 2 heterocycles. The summed E-state index contributed by atoms with van der Waals surface area (Å²) in [6.07, 6.45) is 2.90. The Morgan fingerprint density at radius 2 is 2.16 bits per heavy atom. The van der Waals surface area contributed by atoms with Crippen LogP contribution in [0.15, 0.2) is 34.2 Å². The molecule has 0 aliphatic heterocycles. The van der Waals surface area contributed by atoms with Gasteiger partial charge in [-0.3, -0.25) is 0 Å². The summed E-state index contributed by atoms with van der Waals surface area (Å²) in [7, 11) is 0. The molecule has 5 nitrogen and oxygen atoms in total. The first kappa shape index (κ1) is 19.0. The van der Waals surface area contributed by atoms with Crippen LogP contribution in [0.2, 0.25) is 0 Å². The van der Waals surface area contributed by atoms with Crippen molar-refractivity contribution in [1.82, 2.24) is 9.97 Å². The number of nitrogens with two attached hydrogens (primary N) is 1. The van der Waals surface area contributed by atoms with Crippen LogP contribution in [-0.4, -0.2) is 9.97 Å². The molecule has 0 amide bonds. The van der Waals surface area contributed by atoms with E-state index >= 15 is 0 Å². The molecule has 0 aliphatic carbocycles. The van der Waals surface area contributed by atoms with E-state index in [1.54, 1.807) is 0 Å². The Labute approximate surface area is 156 Å². The summed E-state index contributed by atoms with van der Waals surface area (Å²) in [4.78, 5) is 9.99. The van der Waals surface area contributed by atoms with Gasteiger partial charge >= 0.3 is 0 Å². The van der Waals surface area contributed by atoms with Crippen molar-refractivity contribution in [2.45, 2.75) is 34.1 Å². The Morgan fingerprint density at radius 1 is 1.40 bits per heavy atom. The van der Waals surface area contributed by atoms with Crippen LogP contribution in [0.4, 0.5) is 10.9 Å². The molecular formula is C18H21N5S2. The minimum atomic E-state index is 0.416. The van der Waals surface area contributed by atoms with Gasteiger partial charge in [-0.05, 0) is 38.8 Å². The average Bonchev–Trinajstić information content (AvgIpc) is 3.02. The van der Waals surface area contributed by atoms with E-state index in [1.165, 1.54) is 23.1 Å². The topological polar surface area (TPSA) is 87.6 Å². The quantitative estimate of drug-likeness (QED) is 0.729. The molecule has 3 N–H and O–H groups in total. The summed E-state index contributed by atoms with van der Waals surface area (Å²) in [6.45, 7) is 8.03. The van der Waals surface area contributed by atoms with Crippen molar-refractivity contribution in [3.8, 4) is 6.07 Å². The van der Waals surface area contributed by atoms with E-state index in [9.17, 15) is 0 Å². The standard InChI is InChI=1S/C18H21N5S2/c1-5-6-15(20)25-17(11(2)3)14-10-24-18(22-14)23-16-8-7-12(4)13(9-19)21-16/h6-8,10H,5,20H2,1-4H3,(H,21,22,23)/b15-6+. The Bertz CT molecular complexity index is 855. The molecule has 0 saturated carbocycles. The van der Waals surface area contributed by atoms with E-state index < -0.39 is 0 Å². The third kappa shape index (κ3) is 5.08. The average molecular weight is 372 g/mol. The fourth-order valence-corrected chi connectivity index (χ4v) is 3.71. The third-order valence-corrected chi connectivity index (χ3v) is 5.24. The van der Waals surface area contributed by atoms with Crippen LogP contribution in [0.3, 0.4) is 0 Å². The van der Waals surface area contributed by atoms with Crippen molar-refractivity contribution >= 4 is 39.0 Å². The Morgan fingerprint density at radius 3 is 2.80 bits per heavy atom. The van der Waals surface area contributed by atoms with E-state index in [0.29, 0.717) is 11.5 Å². The van der Waals surface area contributed by atoms with Crippen LogP contribution in [0.5, 0.6) is 0 Å². The zero-order valence-electron chi connectivity index (χ0n) is 14.8. The SMILES string of the molecule is CC/C=C(\N)SC(=C(C)C)c1csc(Nc2ccc(C)c(C#N)n2)n1. The second kappa shape index (κ2) is 8.70. The van der Waals surface area contributed by atoms with Gasteiger partial charge in [-0.1, -0.05) is 36.4 Å². The largest absolute Gasteiger partial charge is 0.394 e. The molecule has 0 aliphatic rings. The molecule has 0 unspecified atom stereocenters. The van der Waals surface area contributed by atoms with Gasteiger partial charge in [0.15, 0.2) is 5.13 Å². The Balaban J connectivity index is 2.22. The highest BCUT2D eigenvalue weighted by Crippen LogP contribution is 2.36. The molecule has 130 valence electrons. The third-order valence-electron chi connectivity index (χ3n) is 3.25. The molecule has 7 heteroatoms. The second-order valence-electron chi connectivity index (χ2n) is 5.58. The van der Waals surface area contributed by atoms with Gasteiger partial charge in [0.1, 0.15) is 17.6 Å². The maximum Gasteiger partial charge on any atom is 0.188 e. The van der Waals surface area contributed by atoms with E-state index in [4.69, 9.17) is 11.0 Å². The van der Waals surface area contributed by atoms with Crippen molar-refractivity contribution in [3.05, 3.63) is 51.1 Å². The van der Waals surface area contributed by atoms with Gasteiger partial charge < -0.3 is 11.1 Å². The first-order valence-electron chi connectivity index (χ1n) is 7.86. The lowest BCUT2D eigenvalue weighted by molar-refractivity contribution is 1.20. The fourth-order valence-electron chi connectivity index (χ4n) is 2.03. The van der Waals surface area contributed by atoms with Crippen molar-refractivity contribution < 1.29 is 0 Å². The number of thiazole rings is 1. The maximum atomic E-state index is 9.10. The van der Waals surface area contributed by atoms with Crippen LogP contribution in [0, 0.1) is 18.3 Å². The number of nitrogens with zero attached hydrogens (tertiary/aromatic N) is 3. The van der Waals surface area contributed by atoms with Crippen LogP contribution >= 0.6 is 23.1 Å². The van der Waals surface area contributed by atoms with Gasteiger partial charge in [0.2, 0.25) is 0 Å². The minimum Gasteiger partial charge on any atom is -0.394 e. The van der Waals surface area contributed by atoms with Crippen molar-refractivity contribution in [2.24, 2.45) is 5.73 Å². The molecular weight excluding hydrogens is 350 g/mol. The van der Waals surface area contributed by atoms with Crippen molar-refractivity contribution in [2.75, 3.05) is 5.32 Å². The van der Waals surface area contributed by atoms with E-state index in [1.807, 2.05) is 30.5 Å². The molecule has 0 spiro atoms. The number of thioether (sulfide) groups is 1. The summed E-state index contributed by atoms with van der Waals surface area (Å²) in [5, 5.41) is 15.8. The van der Waals surface area contributed by atoms with Crippen molar-refractivity contribution in [1.29, 1.82) is 5.26 Å². The van der Waals surface area contributed by atoms with Gasteiger partial charge in [0.05, 0.1) is 10.7 Å². The first-order valence-corrected chi connectivity index (χ1v) is 9.55.